The van der Waals surface area contributed by atoms with Crippen LogP contribution in [0, 0.1) is 6.92 Å². The number of aryl methyl sites for hydroxylation is 1. The molecule has 6 nitrogen and oxygen atoms in total. The molecule has 0 spiro atoms. The van der Waals surface area contributed by atoms with Crippen LogP contribution in [0.2, 0.25) is 0 Å². The summed E-state index contributed by atoms with van der Waals surface area (Å²) < 4.78 is 6.85. The van der Waals surface area contributed by atoms with Crippen LogP contribution >= 0.6 is 0 Å². The molecule has 0 saturated heterocycles. The molecule has 0 saturated carbocycles. The third-order valence-electron chi connectivity index (χ3n) is 3.28. The predicted molar refractivity (Wildman–Crippen MR) is 80.3 cm³/mol. The Balaban J connectivity index is 2.07. The van der Waals surface area contributed by atoms with Gasteiger partial charge in [0.2, 0.25) is 0 Å². The first kappa shape index (κ1) is 13.1. The Kier molecular flexibility index (Phi) is 3.27. The second-order valence-corrected chi connectivity index (χ2v) is 4.69. The van der Waals surface area contributed by atoms with Gasteiger partial charge in [0.05, 0.1) is 12.8 Å². The Labute approximate surface area is 122 Å². The molecular formula is C15H15N5O. The zero-order valence-electron chi connectivity index (χ0n) is 11.8. The highest BCUT2D eigenvalue weighted by Gasteiger charge is 2.13. The largest absolute Gasteiger partial charge is 0.497 e. The molecule has 106 valence electrons. The van der Waals surface area contributed by atoms with Gasteiger partial charge in [0.25, 0.3) is 0 Å². The fraction of sp³-hybridized carbons (Fsp3) is 0.133. The number of rotatable bonds is 3. The molecule has 1 aromatic heterocycles. The van der Waals surface area contributed by atoms with E-state index in [1.54, 1.807) is 11.8 Å². The number of tetrazole rings is 1. The Bertz CT molecular complexity index is 764. The first-order valence-corrected chi connectivity index (χ1v) is 6.48. The quantitative estimate of drug-likeness (QED) is 0.745. The average Bonchev–Trinajstić information content (AvgIpc) is 2.96. The summed E-state index contributed by atoms with van der Waals surface area (Å²) in [5.74, 6) is 1.47. The summed E-state index contributed by atoms with van der Waals surface area (Å²) in [6.45, 7) is 1.98. The van der Waals surface area contributed by atoms with Gasteiger partial charge in [-0.3, -0.25) is 0 Å². The lowest BCUT2D eigenvalue weighted by atomic mass is 10.1. The van der Waals surface area contributed by atoms with E-state index in [9.17, 15) is 0 Å². The minimum atomic E-state index is 0.678. The summed E-state index contributed by atoms with van der Waals surface area (Å²) in [6, 6.07) is 13.2. The van der Waals surface area contributed by atoms with Crippen molar-refractivity contribution in [2.45, 2.75) is 6.92 Å². The Morgan fingerprint density at radius 3 is 2.52 bits per heavy atom. The van der Waals surface area contributed by atoms with Crippen molar-refractivity contribution in [1.82, 2.24) is 20.2 Å². The third-order valence-corrected chi connectivity index (χ3v) is 3.28. The van der Waals surface area contributed by atoms with Gasteiger partial charge in [0.15, 0.2) is 5.82 Å². The molecule has 0 atom stereocenters. The monoisotopic (exact) mass is 281 g/mol. The van der Waals surface area contributed by atoms with E-state index in [-0.39, 0.29) is 0 Å². The van der Waals surface area contributed by atoms with Gasteiger partial charge in [-0.25, -0.2) is 0 Å². The molecule has 3 rings (SSSR count). The van der Waals surface area contributed by atoms with E-state index in [0.717, 1.165) is 28.3 Å². The molecule has 6 heteroatoms. The molecule has 21 heavy (non-hydrogen) atoms. The van der Waals surface area contributed by atoms with Crippen LogP contribution < -0.4 is 10.5 Å². The van der Waals surface area contributed by atoms with Gasteiger partial charge >= 0.3 is 0 Å². The van der Waals surface area contributed by atoms with E-state index in [1.807, 2.05) is 49.4 Å². The van der Waals surface area contributed by atoms with E-state index in [1.165, 1.54) is 0 Å². The lowest BCUT2D eigenvalue weighted by Crippen LogP contribution is -2.01. The summed E-state index contributed by atoms with van der Waals surface area (Å²) in [5, 5.41) is 12.0. The van der Waals surface area contributed by atoms with E-state index in [0.29, 0.717) is 5.82 Å². The molecule has 2 N–H and O–H groups in total. The molecule has 1 heterocycles. The summed E-state index contributed by atoms with van der Waals surface area (Å²) in [7, 11) is 1.63. The molecule has 0 aliphatic rings. The van der Waals surface area contributed by atoms with Crippen molar-refractivity contribution >= 4 is 5.69 Å². The highest BCUT2D eigenvalue weighted by molar-refractivity contribution is 5.65. The zero-order chi connectivity index (χ0) is 14.8. The predicted octanol–water partition coefficient (Wildman–Crippen LogP) is 2.23. The Hall–Kier alpha value is -2.89. The minimum absolute atomic E-state index is 0.678. The number of nitrogen functional groups attached to an aromatic ring is 1. The molecule has 3 aromatic rings. The van der Waals surface area contributed by atoms with Crippen molar-refractivity contribution < 1.29 is 4.74 Å². The summed E-state index contributed by atoms with van der Waals surface area (Å²) >= 11 is 0. The molecule has 0 unspecified atom stereocenters. The lowest BCUT2D eigenvalue weighted by molar-refractivity contribution is 0.414. The normalized spacial score (nSPS) is 10.6. The zero-order valence-corrected chi connectivity index (χ0v) is 11.8. The van der Waals surface area contributed by atoms with Gasteiger partial charge in [-0.15, -0.1) is 5.10 Å². The van der Waals surface area contributed by atoms with E-state index in [4.69, 9.17) is 10.5 Å². The number of aromatic nitrogens is 4. The average molecular weight is 281 g/mol. The highest BCUT2D eigenvalue weighted by Crippen LogP contribution is 2.25. The second kappa shape index (κ2) is 5.24. The molecular weight excluding hydrogens is 266 g/mol. The van der Waals surface area contributed by atoms with Crippen molar-refractivity contribution in [2.24, 2.45) is 0 Å². The number of hydrogen-bond acceptors (Lipinski definition) is 5. The van der Waals surface area contributed by atoms with Gasteiger partial charge in [-0.05, 0) is 65.4 Å². The van der Waals surface area contributed by atoms with Crippen molar-refractivity contribution in [3.05, 3.63) is 48.0 Å². The summed E-state index contributed by atoms with van der Waals surface area (Å²) in [4.78, 5) is 0. The number of anilines is 1. The Morgan fingerprint density at radius 1 is 1.10 bits per heavy atom. The van der Waals surface area contributed by atoms with Crippen LogP contribution in [0.15, 0.2) is 42.5 Å². The first-order valence-electron chi connectivity index (χ1n) is 6.48. The third kappa shape index (κ3) is 2.43. The smallest absolute Gasteiger partial charge is 0.187 e. The molecule has 0 aliphatic heterocycles. The van der Waals surface area contributed by atoms with Gasteiger partial charge in [0.1, 0.15) is 5.75 Å². The molecule has 0 aliphatic carbocycles. The van der Waals surface area contributed by atoms with E-state index < -0.39 is 0 Å². The van der Waals surface area contributed by atoms with Crippen molar-refractivity contribution in [3.8, 4) is 22.8 Å². The maximum absolute atomic E-state index is 5.79. The number of methoxy groups -OCH3 is 1. The molecule has 0 bridgehead atoms. The maximum atomic E-state index is 5.79. The fourth-order valence-corrected chi connectivity index (χ4v) is 2.19. The summed E-state index contributed by atoms with van der Waals surface area (Å²) in [5.41, 5.74) is 9.36. The number of nitrogens with zero attached hydrogens (tertiary/aromatic N) is 4. The molecule has 0 radical (unpaired) electrons. The van der Waals surface area contributed by atoms with Gasteiger partial charge in [-0.2, -0.15) is 4.68 Å². The number of nitrogens with two attached hydrogens (primary N) is 1. The summed E-state index contributed by atoms with van der Waals surface area (Å²) in [6.07, 6.45) is 0. The van der Waals surface area contributed by atoms with Crippen LogP contribution in [-0.2, 0) is 0 Å². The standard InChI is InChI=1S/C15H15N5O/c1-10-9-11(16)3-8-14(10)15-17-18-19-20(15)12-4-6-13(21-2)7-5-12/h3-9H,16H2,1-2H3. The topological polar surface area (TPSA) is 78.8 Å². The highest BCUT2D eigenvalue weighted by atomic mass is 16.5. The van der Waals surface area contributed by atoms with Crippen LogP contribution in [-0.4, -0.2) is 27.3 Å². The maximum Gasteiger partial charge on any atom is 0.187 e. The number of hydrogen-bond donors (Lipinski definition) is 1. The Morgan fingerprint density at radius 2 is 1.86 bits per heavy atom. The molecule has 0 fully saturated rings. The van der Waals surface area contributed by atoms with E-state index >= 15 is 0 Å². The lowest BCUT2D eigenvalue weighted by Gasteiger charge is -2.08. The van der Waals surface area contributed by atoms with Crippen LogP contribution in [0.5, 0.6) is 5.75 Å². The van der Waals surface area contributed by atoms with Crippen molar-refractivity contribution in [2.75, 3.05) is 12.8 Å². The number of ether oxygens (including phenoxy) is 1. The molecule has 0 amide bonds. The van der Waals surface area contributed by atoms with Crippen LogP contribution in [0.4, 0.5) is 5.69 Å². The number of benzene rings is 2. The van der Waals surface area contributed by atoms with Gasteiger partial charge in [0, 0.05) is 11.3 Å². The SMILES string of the molecule is COc1ccc(-n2nnnc2-c2ccc(N)cc2C)cc1. The van der Waals surface area contributed by atoms with Crippen molar-refractivity contribution in [1.29, 1.82) is 0 Å². The first-order chi connectivity index (χ1) is 10.2. The van der Waals surface area contributed by atoms with Crippen molar-refractivity contribution in [3.63, 3.8) is 0 Å². The van der Waals surface area contributed by atoms with Crippen LogP contribution in [0.1, 0.15) is 5.56 Å². The van der Waals surface area contributed by atoms with Crippen LogP contribution in [0.25, 0.3) is 17.1 Å². The van der Waals surface area contributed by atoms with Crippen LogP contribution in [0.3, 0.4) is 0 Å². The van der Waals surface area contributed by atoms with E-state index in [2.05, 4.69) is 15.5 Å². The van der Waals surface area contributed by atoms with Gasteiger partial charge < -0.3 is 10.5 Å². The second-order valence-electron chi connectivity index (χ2n) is 4.69. The molecule has 2 aromatic carbocycles. The minimum Gasteiger partial charge on any atom is -0.497 e. The van der Waals surface area contributed by atoms with Gasteiger partial charge in [-0.1, -0.05) is 0 Å². The fourth-order valence-electron chi connectivity index (χ4n) is 2.19.